The van der Waals surface area contributed by atoms with Crippen molar-refractivity contribution in [2.75, 3.05) is 13.2 Å². The Morgan fingerprint density at radius 2 is 1.60 bits per heavy atom. The molecule has 4 heteroatoms. The number of aryl methyl sites for hydroxylation is 3. The van der Waals surface area contributed by atoms with Gasteiger partial charge in [-0.15, -0.1) is 0 Å². The minimum atomic E-state index is -0.364. The Bertz CT molecular complexity index is 690. The minimum Gasteiger partial charge on any atom is -0.460 e. The number of nitrogens with one attached hydrogen (secondary N) is 1. The van der Waals surface area contributed by atoms with Gasteiger partial charge in [-0.05, 0) is 43.0 Å². The normalized spacial score (nSPS) is 10.3. The Hall–Kier alpha value is -2.62. The monoisotopic (exact) mass is 339 g/mol. The van der Waals surface area contributed by atoms with Crippen LogP contribution >= 0.6 is 0 Å². The molecule has 0 aliphatic rings. The predicted molar refractivity (Wildman–Crippen MR) is 98.6 cm³/mol. The summed E-state index contributed by atoms with van der Waals surface area (Å²) < 4.78 is 5.17. The SMILES string of the molecule is CCc1ccc(C(=O)OCCNC(=O)CCc2ccc(C)cc2)cc1. The highest BCUT2D eigenvalue weighted by atomic mass is 16.5. The highest BCUT2D eigenvalue weighted by Gasteiger charge is 2.07. The van der Waals surface area contributed by atoms with Gasteiger partial charge in [-0.2, -0.15) is 0 Å². The van der Waals surface area contributed by atoms with E-state index in [0.717, 1.165) is 12.0 Å². The van der Waals surface area contributed by atoms with Gasteiger partial charge in [0.2, 0.25) is 5.91 Å². The molecule has 25 heavy (non-hydrogen) atoms. The number of benzene rings is 2. The van der Waals surface area contributed by atoms with Crippen LogP contribution in [-0.4, -0.2) is 25.0 Å². The van der Waals surface area contributed by atoms with E-state index in [-0.39, 0.29) is 18.5 Å². The van der Waals surface area contributed by atoms with Gasteiger partial charge in [0, 0.05) is 6.42 Å². The van der Waals surface area contributed by atoms with Gasteiger partial charge in [-0.1, -0.05) is 48.9 Å². The maximum atomic E-state index is 11.9. The molecule has 132 valence electrons. The summed E-state index contributed by atoms with van der Waals surface area (Å²) in [4.78, 5) is 23.7. The molecule has 0 aromatic heterocycles. The first-order chi connectivity index (χ1) is 12.1. The molecule has 1 amide bonds. The summed E-state index contributed by atoms with van der Waals surface area (Å²) in [6, 6.07) is 15.5. The van der Waals surface area contributed by atoms with Crippen molar-refractivity contribution in [1.29, 1.82) is 0 Å². The lowest BCUT2D eigenvalue weighted by atomic mass is 10.1. The fourth-order valence-electron chi connectivity index (χ4n) is 2.40. The van der Waals surface area contributed by atoms with Crippen molar-refractivity contribution in [3.8, 4) is 0 Å². The van der Waals surface area contributed by atoms with E-state index in [1.807, 2.05) is 43.3 Å². The molecular formula is C21H25NO3. The van der Waals surface area contributed by atoms with Gasteiger partial charge in [0.1, 0.15) is 6.61 Å². The van der Waals surface area contributed by atoms with Crippen molar-refractivity contribution < 1.29 is 14.3 Å². The second-order valence-electron chi connectivity index (χ2n) is 6.02. The molecule has 0 bridgehead atoms. The van der Waals surface area contributed by atoms with Crippen LogP contribution in [0.1, 0.15) is 40.4 Å². The molecule has 4 nitrogen and oxygen atoms in total. The molecule has 0 atom stereocenters. The lowest BCUT2D eigenvalue weighted by Gasteiger charge is -2.07. The van der Waals surface area contributed by atoms with Crippen LogP contribution in [0.25, 0.3) is 0 Å². The van der Waals surface area contributed by atoms with Gasteiger partial charge in [0.25, 0.3) is 0 Å². The van der Waals surface area contributed by atoms with Gasteiger partial charge in [0.15, 0.2) is 0 Å². The number of amides is 1. The third-order valence-corrected chi connectivity index (χ3v) is 4.02. The van der Waals surface area contributed by atoms with Crippen LogP contribution in [0.3, 0.4) is 0 Å². The van der Waals surface area contributed by atoms with Crippen LogP contribution < -0.4 is 5.32 Å². The lowest BCUT2D eigenvalue weighted by molar-refractivity contribution is -0.121. The second kappa shape index (κ2) is 9.62. The lowest BCUT2D eigenvalue weighted by Crippen LogP contribution is -2.28. The number of hydrogen-bond acceptors (Lipinski definition) is 3. The number of rotatable bonds is 8. The molecule has 1 N–H and O–H groups in total. The average Bonchev–Trinajstić information content (AvgIpc) is 2.64. The number of ether oxygens (including phenoxy) is 1. The first-order valence-electron chi connectivity index (χ1n) is 8.67. The number of carbonyl (C=O) groups is 2. The van der Waals surface area contributed by atoms with Crippen LogP contribution in [-0.2, 0) is 22.4 Å². The summed E-state index contributed by atoms with van der Waals surface area (Å²) in [6.07, 6.45) is 2.06. The highest BCUT2D eigenvalue weighted by molar-refractivity contribution is 5.89. The Labute approximate surface area is 149 Å². The zero-order chi connectivity index (χ0) is 18.1. The first kappa shape index (κ1) is 18.7. The molecular weight excluding hydrogens is 314 g/mol. The predicted octanol–water partition coefficient (Wildman–Crippen LogP) is 3.46. The van der Waals surface area contributed by atoms with Gasteiger partial charge in [-0.3, -0.25) is 4.79 Å². The van der Waals surface area contributed by atoms with Crippen molar-refractivity contribution in [3.05, 3.63) is 70.8 Å². The van der Waals surface area contributed by atoms with Crippen molar-refractivity contribution in [2.45, 2.75) is 33.1 Å². The van der Waals surface area contributed by atoms with Crippen LogP contribution in [0.5, 0.6) is 0 Å². The Morgan fingerprint density at radius 1 is 0.960 bits per heavy atom. The fraction of sp³-hybridized carbons (Fsp3) is 0.333. The molecule has 0 heterocycles. The Balaban J connectivity index is 1.63. The van der Waals surface area contributed by atoms with Crippen LogP contribution in [0, 0.1) is 6.92 Å². The van der Waals surface area contributed by atoms with Crippen molar-refractivity contribution in [3.63, 3.8) is 0 Å². The summed E-state index contributed by atoms with van der Waals surface area (Å²) in [7, 11) is 0. The highest BCUT2D eigenvalue weighted by Crippen LogP contribution is 2.07. The van der Waals surface area contributed by atoms with E-state index >= 15 is 0 Å². The molecule has 0 saturated carbocycles. The third kappa shape index (κ3) is 6.42. The first-order valence-corrected chi connectivity index (χ1v) is 8.67. The topological polar surface area (TPSA) is 55.4 Å². The molecule has 0 unspecified atom stereocenters. The van der Waals surface area contributed by atoms with E-state index in [2.05, 4.69) is 12.2 Å². The van der Waals surface area contributed by atoms with E-state index in [9.17, 15) is 9.59 Å². The third-order valence-electron chi connectivity index (χ3n) is 4.02. The number of carbonyl (C=O) groups excluding carboxylic acids is 2. The summed E-state index contributed by atoms with van der Waals surface area (Å²) >= 11 is 0. The van der Waals surface area contributed by atoms with Crippen molar-refractivity contribution in [1.82, 2.24) is 5.32 Å². The summed E-state index contributed by atoms with van der Waals surface area (Å²) in [5, 5.41) is 2.77. The van der Waals surface area contributed by atoms with E-state index in [4.69, 9.17) is 4.74 Å². The van der Waals surface area contributed by atoms with Crippen molar-refractivity contribution >= 4 is 11.9 Å². The van der Waals surface area contributed by atoms with Gasteiger partial charge in [0.05, 0.1) is 12.1 Å². The summed E-state index contributed by atoms with van der Waals surface area (Å²) in [5.41, 5.74) is 4.06. The molecule has 2 rings (SSSR count). The quantitative estimate of drug-likeness (QED) is 0.592. The zero-order valence-electron chi connectivity index (χ0n) is 14.9. The molecule has 2 aromatic rings. The number of esters is 1. The zero-order valence-corrected chi connectivity index (χ0v) is 14.9. The standard InChI is InChI=1S/C21H25NO3/c1-3-17-8-11-19(12-9-17)21(24)25-15-14-22-20(23)13-10-18-6-4-16(2)5-7-18/h4-9,11-12H,3,10,13-15H2,1-2H3,(H,22,23). The largest absolute Gasteiger partial charge is 0.460 e. The minimum absolute atomic E-state index is 0.0380. The maximum absolute atomic E-state index is 11.9. The van der Waals surface area contributed by atoms with Crippen molar-refractivity contribution in [2.24, 2.45) is 0 Å². The van der Waals surface area contributed by atoms with Gasteiger partial charge in [-0.25, -0.2) is 4.79 Å². The van der Waals surface area contributed by atoms with E-state index in [1.165, 1.54) is 11.1 Å². The molecule has 0 radical (unpaired) electrons. The Morgan fingerprint density at radius 3 is 2.24 bits per heavy atom. The molecule has 0 fully saturated rings. The fourth-order valence-corrected chi connectivity index (χ4v) is 2.40. The molecule has 2 aromatic carbocycles. The number of hydrogen-bond donors (Lipinski definition) is 1. The second-order valence-corrected chi connectivity index (χ2v) is 6.02. The van der Waals surface area contributed by atoms with E-state index < -0.39 is 0 Å². The molecule has 0 spiro atoms. The molecule has 0 aliphatic carbocycles. The summed E-state index contributed by atoms with van der Waals surface area (Å²) in [6.45, 7) is 4.60. The molecule has 0 aliphatic heterocycles. The molecule has 0 saturated heterocycles. The van der Waals surface area contributed by atoms with E-state index in [0.29, 0.717) is 24.9 Å². The average molecular weight is 339 g/mol. The smallest absolute Gasteiger partial charge is 0.338 e. The van der Waals surface area contributed by atoms with Crippen LogP contribution in [0.15, 0.2) is 48.5 Å². The van der Waals surface area contributed by atoms with Gasteiger partial charge >= 0.3 is 5.97 Å². The maximum Gasteiger partial charge on any atom is 0.338 e. The van der Waals surface area contributed by atoms with Crippen LogP contribution in [0.2, 0.25) is 0 Å². The van der Waals surface area contributed by atoms with E-state index in [1.54, 1.807) is 12.1 Å². The van der Waals surface area contributed by atoms with Crippen LogP contribution in [0.4, 0.5) is 0 Å². The van der Waals surface area contributed by atoms with Gasteiger partial charge < -0.3 is 10.1 Å². The summed E-state index contributed by atoms with van der Waals surface area (Å²) in [5.74, 6) is -0.402. The Kier molecular flexibility index (Phi) is 7.20.